The maximum atomic E-state index is 12.5. The maximum absolute atomic E-state index is 12.5. The third-order valence-corrected chi connectivity index (χ3v) is 6.45. The molecular weight excluding hydrogens is 402 g/mol. The van der Waals surface area contributed by atoms with Crippen LogP contribution in [0.1, 0.15) is 12.8 Å². The number of anilines is 1. The van der Waals surface area contributed by atoms with Gasteiger partial charge in [-0.1, -0.05) is 11.6 Å². The van der Waals surface area contributed by atoms with E-state index in [4.69, 9.17) is 16.3 Å². The van der Waals surface area contributed by atoms with Gasteiger partial charge in [0.1, 0.15) is 12.4 Å². The Morgan fingerprint density at radius 1 is 1.04 bits per heavy atom. The zero-order chi connectivity index (χ0) is 20.0. The molecule has 2 aromatic carbocycles. The van der Waals surface area contributed by atoms with Crippen LogP contribution in [0.15, 0.2) is 53.4 Å². The number of nitrogens with zero attached hydrogens (tertiary/aromatic N) is 1. The largest absolute Gasteiger partial charge is 0.492 e. The second kappa shape index (κ2) is 9.27. The number of rotatable bonds is 7. The molecule has 0 saturated carbocycles. The summed E-state index contributed by atoms with van der Waals surface area (Å²) in [6.07, 6.45) is 1.80. The number of carbonyl (C=O) groups is 1. The molecule has 1 saturated heterocycles. The maximum Gasteiger partial charge on any atom is 0.319 e. The van der Waals surface area contributed by atoms with Crippen molar-refractivity contribution in [3.8, 4) is 5.75 Å². The summed E-state index contributed by atoms with van der Waals surface area (Å²) in [7, 11) is -3.42. The van der Waals surface area contributed by atoms with Crippen molar-refractivity contribution >= 4 is 33.3 Å². The molecule has 2 N–H and O–H groups in total. The predicted octanol–water partition coefficient (Wildman–Crippen LogP) is 3.33. The van der Waals surface area contributed by atoms with E-state index in [1.165, 1.54) is 4.31 Å². The topological polar surface area (TPSA) is 87.7 Å². The van der Waals surface area contributed by atoms with Crippen LogP contribution in [0.4, 0.5) is 10.5 Å². The first-order valence-electron chi connectivity index (χ1n) is 8.98. The molecule has 0 aromatic heterocycles. The van der Waals surface area contributed by atoms with E-state index in [1.807, 2.05) is 0 Å². The minimum absolute atomic E-state index is 0.256. The van der Waals surface area contributed by atoms with Gasteiger partial charge in [-0.2, -0.15) is 4.31 Å². The molecule has 9 heteroatoms. The first kappa shape index (κ1) is 20.4. The highest BCUT2D eigenvalue weighted by Gasteiger charge is 2.26. The molecule has 0 aliphatic carbocycles. The summed E-state index contributed by atoms with van der Waals surface area (Å²) in [6, 6.07) is 12.8. The molecule has 1 fully saturated rings. The first-order chi connectivity index (χ1) is 13.4. The summed E-state index contributed by atoms with van der Waals surface area (Å²) in [5.41, 5.74) is 0.637. The van der Waals surface area contributed by atoms with Gasteiger partial charge < -0.3 is 15.4 Å². The Balaban J connectivity index is 1.42. The van der Waals surface area contributed by atoms with E-state index in [-0.39, 0.29) is 17.5 Å². The van der Waals surface area contributed by atoms with E-state index >= 15 is 0 Å². The normalized spacial score (nSPS) is 14.6. The van der Waals surface area contributed by atoms with Crippen molar-refractivity contribution in [2.24, 2.45) is 0 Å². The van der Waals surface area contributed by atoms with Crippen molar-refractivity contribution in [3.63, 3.8) is 0 Å². The van der Waals surface area contributed by atoms with Crippen molar-refractivity contribution in [1.29, 1.82) is 0 Å². The lowest BCUT2D eigenvalue weighted by Crippen LogP contribution is -2.32. The molecule has 0 atom stereocenters. The van der Waals surface area contributed by atoms with Crippen molar-refractivity contribution in [2.75, 3.05) is 31.6 Å². The van der Waals surface area contributed by atoms with Gasteiger partial charge in [0, 0.05) is 23.8 Å². The number of amides is 2. The van der Waals surface area contributed by atoms with Crippen LogP contribution in [0.2, 0.25) is 5.02 Å². The summed E-state index contributed by atoms with van der Waals surface area (Å²) in [5, 5.41) is 5.96. The van der Waals surface area contributed by atoms with Gasteiger partial charge in [-0.15, -0.1) is 0 Å². The fourth-order valence-corrected chi connectivity index (χ4v) is 4.47. The SMILES string of the molecule is O=C(NCCOc1ccc(S(=O)(=O)N2CCCC2)cc1)Nc1ccc(Cl)cc1. The molecule has 3 rings (SSSR count). The van der Waals surface area contributed by atoms with Crippen LogP contribution >= 0.6 is 11.6 Å². The number of hydrogen-bond acceptors (Lipinski definition) is 4. The van der Waals surface area contributed by atoms with Crippen molar-refractivity contribution in [3.05, 3.63) is 53.6 Å². The van der Waals surface area contributed by atoms with Gasteiger partial charge in [0.25, 0.3) is 0 Å². The highest BCUT2D eigenvalue weighted by Crippen LogP contribution is 2.22. The van der Waals surface area contributed by atoms with Gasteiger partial charge in [0.05, 0.1) is 11.4 Å². The number of ether oxygens (including phenoxy) is 1. The zero-order valence-electron chi connectivity index (χ0n) is 15.2. The third kappa shape index (κ3) is 5.37. The summed E-state index contributed by atoms with van der Waals surface area (Å²) >= 11 is 5.80. The van der Waals surface area contributed by atoms with E-state index in [9.17, 15) is 13.2 Å². The second-order valence-electron chi connectivity index (χ2n) is 6.32. The summed E-state index contributed by atoms with van der Waals surface area (Å²) in [5.74, 6) is 0.542. The Morgan fingerprint density at radius 2 is 1.68 bits per heavy atom. The molecule has 2 amide bonds. The molecular formula is C19H22ClN3O4S. The smallest absolute Gasteiger partial charge is 0.319 e. The van der Waals surface area contributed by atoms with E-state index in [2.05, 4.69) is 10.6 Å². The Bertz CT molecular complexity index is 896. The molecule has 1 heterocycles. The average Bonchev–Trinajstić information content (AvgIpc) is 3.23. The molecule has 2 aromatic rings. The minimum atomic E-state index is -3.42. The van der Waals surface area contributed by atoms with Crippen LogP contribution in [0.5, 0.6) is 5.75 Å². The lowest BCUT2D eigenvalue weighted by atomic mass is 10.3. The predicted molar refractivity (Wildman–Crippen MR) is 108 cm³/mol. The van der Waals surface area contributed by atoms with E-state index in [1.54, 1.807) is 48.5 Å². The van der Waals surface area contributed by atoms with Gasteiger partial charge >= 0.3 is 6.03 Å². The number of halogens is 1. The molecule has 28 heavy (non-hydrogen) atoms. The number of hydrogen-bond donors (Lipinski definition) is 2. The minimum Gasteiger partial charge on any atom is -0.492 e. The Kier molecular flexibility index (Phi) is 6.77. The van der Waals surface area contributed by atoms with Crippen LogP contribution < -0.4 is 15.4 Å². The molecule has 0 spiro atoms. The lowest BCUT2D eigenvalue weighted by molar-refractivity contribution is 0.247. The third-order valence-electron chi connectivity index (χ3n) is 4.28. The number of carbonyl (C=O) groups excluding carboxylic acids is 1. The molecule has 1 aliphatic rings. The fraction of sp³-hybridized carbons (Fsp3) is 0.316. The monoisotopic (exact) mass is 423 g/mol. The molecule has 0 radical (unpaired) electrons. The van der Waals surface area contributed by atoms with E-state index < -0.39 is 10.0 Å². The zero-order valence-corrected chi connectivity index (χ0v) is 16.8. The van der Waals surface area contributed by atoms with Crippen molar-refractivity contribution in [1.82, 2.24) is 9.62 Å². The van der Waals surface area contributed by atoms with Crippen LogP contribution in [0.3, 0.4) is 0 Å². The van der Waals surface area contributed by atoms with Gasteiger partial charge in [-0.3, -0.25) is 0 Å². The standard InChI is InChI=1S/C19H22ClN3O4S/c20-15-3-5-16(6-4-15)22-19(24)21-11-14-27-17-7-9-18(10-8-17)28(25,26)23-12-1-2-13-23/h3-10H,1-2,11-14H2,(H2,21,22,24). The Hall–Kier alpha value is -2.29. The van der Waals surface area contributed by atoms with Crippen molar-refractivity contribution in [2.45, 2.75) is 17.7 Å². The van der Waals surface area contributed by atoms with Gasteiger partial charge in [0.2, 0.25) is 10.0 Å². The average molecular weight is 424 g/mol. The van der Waals surface area contributed by atoms with Crippen LogP contribution in [-0.4, -0.2) is 45.0 Å². The van der Waals surface area contributed by atoms with Gasteiger partial charge in [-0.05, 0) is 61.4 Å². The van der Waals surface area contributed by atoms with Crippen LogP contribution in [0, 0.1) is 0 Å². The number of sulfonamides is 1. The van der Waals surface area contributed by atoms with Crippen LogP contribution in [-0.2, 0) is 10.0 Å². The molecule has 7 nitrogen and oxygen atoms in total. The summed E-state index contributed by atoms with van der Waals surface area (Å²) in [6.45, 7) is 1.70. The van der Waals surface area contributed by atoms with Gasteiger partial charge in [-0.25, -0.2) is 13.2 Å². The number of nitrogens with one attached hydrogen (secondary N) is 2. The number of benzene rings is 2. The molecule has 0 unspecified atom stereocenters. The Morgan fingerprint density at radius 3 is 2.32 bits per heavy atom. The highest BCUT2D eigenvalue weighted by atomic mass is 35.5. The number of urea groups is 1. The van der Waals surface area contributed by atoms with Gasteiger partial charge in [0.15, 0.2) is 0 Å². The quantitative estimate of drug-likeness (QED) is 0.668. The first-order valence-corrected chi connectivity index (χ1v) is 10.8. The highest BCUT2D eigenvalue weighted by molar-refractivity contribution is 7.89. The lowest BCUT2D eigenvalue weighted by Gasteiger charge is -2.15. The molecule has 0 bridgehead atoms. The molecule has 150 valence electrons. The molecule has 1 aliphatic heterocycles. The van der Waals surface area contributed by atoms with E-state index in [0.29, 0.717) is 36.1 Å². The van der Waals surface area contributed by atoms with Crippen LogP contribution in [0.25, 0.3) is 0 Å². The fourth-order valence-electron chi connectivity index (χ4n) is 2.83. The van der Waals surface area contributed by atoms with Crippen molar-refractivity contribution < 1.29 is 17.9 Å². The summed E-state index contributed by atoms with van der Waals surface area (Å²) < 4.78 is 32.0. The Labute approximate surface area is 169 Å². The summed E-state index contributed by atoms with van der Waals surface area (Å²) in [4.78, 5) is 12.1. The van der Waals surface area contributed by atoms with E-state index in [0.717, 1.165) is 12.8 Å². The second-order valence-corrected chi connectivity index (χ2v) is 8.69.